The highest BCUT2D eigenvalue weighted by atomic mass is 16.7. The van der Waals surface area contributed by atoms with Gasteiger partial charge in [0.25, 0.3) is 53.2 Å². The quantitative estimate of drug-likeness (QED) is 0.0159. The van der Waals surface area contributed by atoms with Crippen molar-refractivity contribution >= 4 is 94.3 Å². The van der Waals surface area contributed by atoms with Gasteiger partial charge in [0, 0.05) is 154 Å². The lowest BCUT2D eigenvalue weighted by Gasteiger charge is -2.13. The molecule has 504 valence electrons. The Bertz CT molecular complexity index is 2390. The van der Waals surface area contributed by atoms with E-state index in [1.54, 1.807) is 0 Å². The lowest BCUT2D eigenvalue weighted by atomic mass is 10.1. The number of ketones is 3. The summed E-state index contributed by atoms with van der Waals surface area (Å²) in [6.45, 7) is 4.87. The second kappa shape index (κ2) is 51.6. The van der Waals surface area contributed by atoms with Crippen molar-refractivity contribution in [2.45, 2.75) is 104 Å². The molecule has 0 bridgehead atoms. The van der Waals surface area contributed by atoms with E-state index in [1.165, 1.54) is 43.4 Å². The van der Waals surface area contributed by atoms with Crippen LogP contribution in [-0.4, -0.2) is 249 Å². The molecule has 0 saturated carbocycles. The van der Waals surface area contributed by atoms with Crippen molar-refractivity contribution in [2.75, 3.05) is 119 Å². The number of esters is 1. The van der Waals surface area contributed by atoms with Gasteiger partial charge in [-0.15, -0.1) is 5.06 Å². The van der Waals surface area contributed by atoms with Gasteiger partial charge in [0.1, 0.15) is 44.3 Å². The molecule has 7 N–H and O–H groups in total. The Hall–Kier alpha value is -8.22. The summed E-state index contributed by atoms with van der Waals surface area (Å²) in [5.74, 6) is -6.07. The van der Waals surface area contributed by atoms with Gasteiger partial charge in [-0.25, -0.2) is 4.79 Å². The molecule has 0 atom stereocenters. The molecule has 0 spiro atoms. The molecule has 34 heteroatoms. The van der Waals surface area contributed by atoms with Crippen molar-refractivity contribution in [1.29, 1.82) is 0 Å². The van der Waals surface area contributed by atoms with E-state index in [-0.39, 0.29) is 205 Å². The molecule has 34 nitrogen and oxygen atoms in total. The average molecular weight is 1290 g/mol. The second-order valence-electron chi connectivity index (χ2n) is 18.6. The molecule has 0 aromatic carbocycles. The number of nitrogens with one attached hydrogen (secondary N) is 2. The minimum atomic E-state index is -0.833. The van der Waals surface area contributed by atoms with E-state index in [0.717, 1.165) is 21.6 Å². The third-order valence-corrected chi connectivity index (χ3v) is 11.2. The molecule has 0 radical (unpaired) electrons. The monoisotopic (exact) mass is 1290 g/mol. The number of aliphatic hydroxyl groups excluding tert-OH is 2. The van der Waals surface area contributed by atoms with E-state index in [1.807, 2.05) is 0 Å². The van der Waals surface area contributed by atoms with Crippen LogP contribution in [0.1, 0.15) is 104 Å². The maximum Gasteiger partial charge on any atom is 0.335 e. The van der Waals surface area contributed by atoms with Gasteiger partial charge in [0.2, 0.25) is 11.8 Å². The van der Waals surface area contributed by atoms with E-state index in [0.29, 0.717) is 50.5 Å². The molecule has 4 aliphatic heterocycles. The number of imide groups is 4. The third kappa shape index (κ3) is 42.6. The molecule has 90 heavy (non-hydrogen) atoms. The smallest absolute Gasteiger partial charge is 0.335 e. The molecule has 4 rings (SSSR count). The number of carbonyl (C=O) groups excluding carboxylic acids is 15. The van der Waals surface area contributed by atoms with Crippen molar-refractivity contribution in [1.82, 2.24) is 30.4 Å². The Balaban J connectivity index is 0.00000124. The number of Topliss-reactive ketones (excluding diaryl/α,β-unsaturated/α-hetero) is 3. The van der Waals surface area contributed by atoms with Crippen LogP contribution in [0.5, 0.6) is 0 Å². The first-order valence-corrected chi connectivity index (χ1v) is 28.4. The van der Waals surface area contributed by atoms with E-state index < -0.39 is 53.4 Å². The number of aliphatic hydroxyl groups is 2. The molecule has 1 fully saturated rings. The van der Waals surface area contributed by atoms with Crippen LogP contribution in [0.4, 0.5) is 0 Å². The van der Waals surface area contributed by atoms with Gasteiger partial charge in [-0.1, -0.05) is 0 Å². The number of carboxylic acids is 1. The first-order valence-electron chi connectivity index (χ1n) is 28.4. The standard InChI is InChI=1S/C18H22N2O9.C18H26N2O8.C16H24N2O7.C2H7NO.C2H4O2/c21-13(7-9-19-14(22)3-4-15(19)23)2-1-10-27-12-28-11-8-18(26)29-20-16(24)5-6-17(20)25;1-14(21)28-12-8-19-16(23)7-11-27-13-26-10-2-3-15(22)6-9-20-17(24)4-5-18(20)25;19-9-7-17-14(21)6-11-25-12-24-10-1-2-13(20)5-8-18-15(22)3-4-16(18)23;3-1-2-4;1-2(3)4/h3-4H,1-2,5-12H2;4-5H,2-3,6-13H2,1H3,(H,19,23);3-4,19H,1-2,5-12H2,(H,17,21);4H,1-3H2;1H3,(H,3,4). The molecular formula is C56H83N7O27. The zero-order valence-corrected chi connectivity index (χ0v) is 50.6. The number of rotatable bonds is 43. The Kier molecular flexibility index (Phi) is 46.9. The Labute approximate surface area is 518 Å². The van der Waals surface area contributed by atoms with Gasteiger partial charge < -0.3 is 69.7 Å². The minimum absolute atomic E-state index is 0.0113. The van der Waals surface area contributed by atoms with Crippen LogP contribution < -0.4 is 16.4 Å². The zero-order chi connectivity index (χ0) is 67.5. The first kappa shape index (κ1) is 81.8. The van der Waals surface area contributed by atoms with E-state index >= 15 is 0 Å². The summed E-state index contributed by atoms with van der Waals surface area (Å²) in [5.41, 5.74) is 4.78. The number of hydroxylamine groups is 2. The van der Waals surface area contributed by atoms with Crippen molar-refractivity contribution in [3.05, 3.63) is 36.5 Å². The van der Waals surface area contributed by atoms with Crippen molar-refractivity contribution < 1.29 is 130 Å². The fourth-order valence-electron chi connectivity index (χ4n) is 6.73. The van der Waals surface area contributed by atoms with Crippen LogP contribution in [0.3, 0.4) is 0 Å². The minimum Gasteiger partial charge on any atom is -0.481 e. The molecule has 0 aromatic heterocycles. The number of hydrogen-bond acceptors (Lipinski definition) is 27. The van der Waals surface area contributed by atoms with Crippen LogP contribution in [0.25, 0.3) is 0 Å². The molecule has 4 aliphatic rings. The van der Waals surface area contributed by atoms with Gasteiger partial charge in [0.15, 0.2) is 0 Å². The maximum absolute atomic E-state index is 11.8. The highest BCUT2D eigenvalue weighted by Crippen LogP contribution is 2.13. The molecule has 1 saturated heterocycles. The number of hydrogen-bond donors (Lipinski definition) is 6. The number of aliphatic carboxylic acids is 1. The number of nitrogens with two attached hydrogens (primary N) is 1. The Morgan fingerprint density at radius 2 is 0.767 bits per heavy atom. The normalized spacial score (nSPS) is 13.7. The summed E-state index contributed by atoms with van der Waals surface area (Å²) in [4.78, 5) is 187. The highest BCUT2D eigenvalue weighted by molar-refractivity contribution is 6.14. The molecular weight excluding hydrogens is 1200 g/mol. The van der Waals surface area contributed by atoms with Gasteiger partial charge in [0.05, 0.1) is 58.8 Å². The average Bonchev–Trinajstić information content (AvgIpc) is 3.06. The fourth-order valence-corrected chi connectivity index (χ4v) is 6.73. The van der Waals surface area contributed by atoms with Gasteiger partial charge in [-0.05, 0) is 19.3 Å². The Morgan fingerprint density at radius 1 is 0.456 bits per heavy atom. The van der Waals surface area contributed by atoms with Gasteiger partial charge >= 0.3 is 11.9 Å². The van der Waals surface area contributed by atoms with E-state index in [9.17, 15) is 71.9 Å². The summed E-state index contributed by atoms with van der Waals surface area (Å²) in [7, 11) is 0. The molecule has 0 unspecified atom stereocenters. The molecule has 10 amide bonds. The van der Waals surface area contributed by atoms with Crippen LogP contribution in [-0.2, 0) is 115 Å². The second-order valence-corrected chi connectivity index (χ2v) is 18.6. The van der Waals surface area contributed by atoms with Crippen LogP contribution >= 0.6 is 0 Å². The predicted molar refractivity (Wildman–Crippen MR) is 305 cm³/mol. The summed E-state index contributed by atoms with van der Waals surface area (Å²) in [6.07, 6.45) is 10.0. The number of amides is 10. The fraction of sp³-hybridized carbons (Fsp3) is 0.607. The highest BCUT2D eigenvalue weighted by Gasteiger charge is 2.33. The number of nitrogens with zero attached hydrogens (tertiary/aromatic N) is 4. The largest absolute Gasteiger partial charge is 0.481 e. The van der Waals surface area contributed by atoms with Crippen LogP contribution in [0.2, 0.25) is 0 Å². The van der Waals surface area contributed by atoms with Gasteiger partial charge in [-0.2, -0.15) is 0 Å². The van der Waals surface area contributed by atoms with Crippen molar-refractivity contribution in [3.63, 3.8) is 0 Å². The molecule has 4 heterocycles. The SMILES string of the molecule is CC(=O)O.CC(=O)OCCNC(=O)CCOCOCCCC(=O)CCN1C(=O)C=CC1=O.NCCO.O=C(CCCOCOCCC(=O)NCCO)CCN1C(=O)C=CC1=O.O=C(CCCOCOCCC(=O)ON1C(=O)CCC1=O)CCN1C(=O)C=CC1=O. The third-order valence-electron chi connectivity index (χ3n) is 11.2. The zero-order valence-electron chi connectivity index (χ0n) is 50.6. The lowest BCUT2D eigenvalue weighted by molar-refractivity contribution is -0.198. The topological polar surface area (TPSA) is 471 Å². The Morgan fingerprint density at radius 3 is 1.08 bits per heavy atom. The maximum atomic E-state index is 11.8. The van der Waals surface area contributed by atoms with Crippen molar-refractivity contribution in [3.8, 4) is 0 Å². The van der Waals surface area contributed by atoms with Crippen LogP contribution in [0, 0.1) is 0 Å². The van der Waals surface area contributed by atoms with E-state index in [2.05, 4.69) is 20.2 Å². The van der Waals surface area contributed by atoms with Gasteiger partial charge in [-0.3, -0.25) is 86.6 Å². The molecule has 0 aromatic rings. The summed E-state index contributed by atoms with van der Waals surface area (Å²) in [5, 5.41) is 29.2. The summed E-state index contributed by atoms with van der Waals surface area (Å²) >= 11 is 0. The molecule has 0 aliphatic carbocycles. The number of carboxylic acid groups (broad SMARTS) is 1. The van der Waals surface area contributed by atoms with E-state index in [4.69, 9.17) is 54.3 Å². The van der Waals surface area contributed by atoms with Crippen LogP contribution in [0.15, 0.2) is 36.5 Å². The number of carbonyl (C=O) groups is 16. The number of ether oxygens (including phenoxy) is 7. The summed E-state index contributed by atoms with van der Waals surface area (Å²) in [6, 6.07) is 0. The lowest BCUT2D eigenvalue weighted by Crippen LogP contribution is -2.32. The predicted octanol–water partition coefficient (Wildman–Crippen LogP) is -2.48. The first-order chi connectivity index (χ1) is 43.0. The van der Waals surface area contributed by atoms with Crippen molar-refractivity contribution in [2.24, 2.45) is 5.73 Å². The summed E-state index contributed by atoms with van der Waals surface area (Å²) < 4.78 is 35.6.